The van der Waals surface area contributed by atoms with Gasteiger partial charge in [-0.1, -0.05) is 29.8 Å². The second kappa shape index (κ2) is 5.62. The van der Waals surface area contributed by atoms with Crippen LogP contribution in [0.1, 0.15) is 19.4 Å². The molecular weight excluding hydrogens is 263 g/mol. The van der Waals surface area contributed by atoms with Crippen molar-refractivity contribution < 1.29 is 4.74 Å². The van der Waals surface area contributed by atoms with Crippen molar-refractivity contribution in [2.45, 2.75) is 19.7 Å². The number of hydrogen-bond acceptors (Lipinski definition) is 1. The maximum Gasteiger partial charge on any atom is 0.123 e. The molecule has 0 radical (unpaired) electrons. The van der Waals surface area contributed by atoms with E-state index < -0.39 is 0 Å². The van der Waals surface area contributed by atoms with Crippen molar-refractivity contribution in [2.24, 2.45) is 5.92 Å². The molecule has 1 rings (SSSR count). The highest BCUT2D eigenvalue weighted by molar-refractivity contribution is 9.10. The Hall–Kier alpha value is -0.210. The molecule has 0 aliphatic heterocycles. The van der Waals surface area contributed by atoms with Gasteiger partial charge in [0.25, 0.3) is 0 Å². The van der Waals surface area contributed by atoms with Crippen molar-refractivity contribution in [3.63, 3.8) is 0 Å². The first-order valence-corrected chi connectivity index (χ1v) is 5.93. The Morgan fingerprint density at radius 2 is 2.14 bits per heavy atom. The van der Waals surface area contributed by atoms with Gasteiger partial charge in [0.2, 0.25) is 0 Å². The second-order valence-electron chi connectivity index (χ2n) is 3.59. The van der Waals surface area contributed by atoms with E-state index >= 15 is 0 Å². The topological polar surface area (TPSA) is 9.23 Å². The summed E-state index contributed by atoms with van der Waals surface area (Å²) < 4.78 is 6.67. The fraction of sp³-hybridized carbons (Fsp3) is 0.455. The van der Waals surface area contributed by atoms with E-state index in [1.807, 2.05) is 18.2 Å². The number of rotatable bonds is 4. The highest BCUT2D eigenvalue weighted by atomic mass is 79.9. The predicted molar refractivity (Wildman–Crippen MR) is 64.0 cm³/mol. The van der Waals surface area contributed by atoms with E-state index in [-0.39, 0.29) is 0 Å². The number of hydrogen-bond donors (Lipinski definition) is 0. The molecule has 78 valence electrons. The third kappa shape index (κ3) is 3.50. The van der Waals surface area contributed by atoms with Crippen LogP contribution in [0.25, 0.3) is 0 Å². The van der Waals surface area contributed by atoms with Crippen LogP contribution in [-0.4, -0.2) is 6.61 Å². The molecule has 1 aromatic carbocycles. The van der Waals surface area contributed by atoms with Gasteiger partial charge in [0.05, 0.1) is 12.5 Å². The first-order chi connectivity index (χ1) is 6.63. The number of ether oxygens (including phenoxy) is 1. The van der Waals surface area contributed by atoms with Gasteiger partial charge in [0.1, 0.15) is 5.75 Å². The highest BCUT2D eigenvalue weighted by Crippen LogP contribution is 2.25. The number of benzene rings is 1. The smallest absolute Gasteiger partial charge is 0.123 e. The molecule has 0 aliphatic carbocycles. The lowest BCUT2D eigenvalue weighted by molar-refractivity contribution is 0.269. The highest BCUT2D eigenvalue weighted by Gasteiger charge is 2.04. The molecule has 0 heterocycles. The average Bonchev–Trinajstić information content (AvgIpc) is 2.15. The Kier molecular flexibility index (Phi) is 4.76. The van der Waals surface area contributed by atoms with E-state index in [2.05, 4.69) is 29.8 Å². The average molecular weight is 278 g/mol. The molecule has 0 aliphatic rings. The van der Waals surface area contributed by atoms with Crippen LogP contribution in [0.5, 0.6) is 5.75 Å². The van der Waals surface area contributed by atoms with Gasteiger partial charge in [-0.2, -0.15) is 0 Å². The summed E-state index contributed by atoms with van der Waals surface area (Å²) in [6.07, 6.45) is 0. The lowest BCUT2D eigenvalue weighted by Crippen LogP contribution is -2.05. The molecule has 0 saturated heterocycles. The number of halogens is 2. The minimum Gasteiger partial charge on any atom is -0.493 e. The standard InChI is InChI=1S/C11H14BrClO/c1-8(2)7-14-11-4-3-10(12)5-9(11)6-13/h3-5,8H,6-7H2,1-2H3. The molecule has 0 atom stereocenters. The van der Waals surface area contributed by atoms with Crippen LogP contribution in [0, 0.1) is 5.92 Å². The molecule has 0 spiro atoms. The molecule has 3 heteroatoms. The third-order valence-electron chi connectivity index (χ3n) is 1.74. The summed E-state index contributed by atoms with van der Waals surface area (Å²) in [5.41, 5.74) is 1.03. The summed E-state index contributed by atoms with van der Waals surface area (Å²) >= 11 is 9.22. The normalized spacial score (nSPS) is 10.6. The molecular formula is C11H14BrClO. The second-order valence-corrected chi connectivity index (χ2v) is 4.77. The minimum atomic E-state index is 0.479. The Morgan fingerprint density at radius 3 is 2.71 bits per heavy atom. The molecule has 1 nitrogen and oxygen atoms in total. The minimum absolute atomic E-state index is 0.479. The lowest BCUT2D eigenvalue weighted by Gasteiger charge is -2.11. The Morgan fingerprint density at radius 1 is 1.43 bits per heavy atom. The molecule has 0 aromatic heterocycles. The SMILES string of the molecule is CC(C)COc1ccc(Br)cc1CCl. The fourth-order valence-corrected chi connectivity index (χ4v) is 1.67. The van der Waals surface area contributed by atoms with Gasteiger partial charge in [-0.05, 0) is 24.1 Å². The quantitative estimate of drug-likeness (QED) is 0.749. The van der Waals surface area contributed by atoms with Gasteiger partial charge in [-0.15, -0.1) is 11.6 Å². The van der Waals surface area contributed by atoms with E-state index in [4.69, 9.17) is 16.3 Å². The van der Waals surface area contributed by atoms with Crippen molar-refractivity contribution in [3.05, 3.63) is 28.2 Å². The zero-order chi connectivity index (χ0) is 10.6. The summed E-state index contributed by atoms with van der Waals surface area (Å²) in [5, 5.41) is 0. The van der Waals surface area contributed by atoms with Gasteiger partial charge in [-0.25, -0.2) is 0 Å². The summed E-state index contributed by atoms with van der Waals surface area (Å²) in [5.74, 6) is 1.89. The van der Waals surface area contributed by atoms with Gasteiger partial charge in [-0.3, -0.25) is 0 Å². The fourth-order valence-electron chi connectivity index (χ4n) is 1.05. The van der Waals surface area contributed by atoms with Crippen LogP contribution >= 0.6 is 27.5 Å². The Balaban J connectivity index is 2.75. The van der Waals surface area contributed by atoms with Crippen molar-refractivity contribution in [1.29, 1.82) is 0 Å². The maximum atomic E-state index is 5.82. The van der Waals surface area contributed by atoms with E-state index in [0.717, 1.165) is 22.4 Å². The van der Waals surface area contributed by atoms with Gasteiger partial charge in [0, 0.05) is 10.0 Å². The van der Waals surface area contributed by atoms with Crippen LogP contribution in [0.15, 0.2) is 22.7 Å². The van der Waals surface area contributed by atoms with Gasteiger partial charge >= 0.3 is 0 Å². The zero-order valence-electron chi connectivity index (χ0n) is 8.39. The molecule has 0 saturated carbocycles. The van der Waals surface area contributed by atoms with Crippen molar-refractivity contribution in [3.8, 4) is 5.75 Å². The molecule has 0 fully saturated rings. The van der Waals surface area contributed by atoms with Gasteiger partial charge in [0.15, 0.2) is 0 Å². The third-order valence-corrected chi connectivity index (χ3v) is 2.52. The van der Waals surface area contributed by atoms with Crippen molar-refractivity contribution in [2.75, 3.05) is 6.61 Å². The van der Waals surface area contributed by atoms with E-state index in [1.165, 1.54) is 0 Å². The Bertz CT molecular complexity index is 299. The predicted octanol–water partition coefficient (Wildman–Crippen LogP) is 4.22. The molecule has 14 heavy (non-hydrogen) atoms. The summed E-state index contributed by atoms with van der Waals surface area (Å²) in [7, 11) is 0. The summed E-state index contributed by atoms with van der Waals surface area (Å²) in [4.78, 5) is 0. The van der Waals surface area contributed by atoms with E-state index in [0.29, 0.717) is 11.8 Å². The van der Waals surface area contributed by atoms with Crippen LogP contribution in [0.3, 0.4) is 0 Å². The first kappa shape index (κ1) is 11.9. The largest absolute Gasteiger partial charge is 0.493 e. The molecule has 0 N–H and O–H groups in total. The monoisotopic (exact) mass is 276 g/mol. The van der Waals surface area contributed by atoms with Crippen LogP contribution in [0.4, 0.5) is 0 Å². The molecule has 0 bridgehead atoms. The molecule has 0 unspecified atom stereocenters. The Labute approximate surface area is 98.5 Å². The van der Waals surface area contributed by atoms with Gasteiger partial charge < -0.3 is 4.74 Å². The maximum absolute atomic E-state index is 5.82. The zero-order valence-corrected chi connectivity index (χ0v) is 10.7. The first-order valence-electron chi connectivity index (χ1n) is 4.60. The molecule has 0 amide bonds. The summed E-state index contributed by atoms with van der Waals surface area (Å²) in [6.45, 7) is 4.98. The number of alkyl halides is 1. The molecule has 1 aromatic rings. The van der Waals surface area contributed by atoms with E-state index in [1.54, 1.807) is 0 Å². The van der Waals surface area contributed by atoms with Crippen LogP contribution < -0.4 is 4.74 Å². The van der Waals surface area contributed by atoms with Crippen LogP contribution in [-0.2, 0) is 5.88 Å². The van der Waals surface area contributed by atoms with Crippen molar-refractivity contribution >= 4 is 27.5 Å². The lowest BCUT2D eigenvalue weighted by atomic mass is 10.2. The van der Waals surface area contributed by atoms with Crippen molar-refractivity contribution in [1.82, 2.24) is 0 Å². The van der Waals surface area contributed by atoms with E-state index in [9.17, 15) is 0 Å². The van der Waals surface area contributed by atoms with Crippen LogP contribution in [0.2, 0.25) is 0 Å². The summed E-state index contributed by atoms with van der Waals surface area (Å²) in [6, 6.07) is 5.90.